The molecule has 0 atom stereocenters. The first-order valence-corrected chi connectivity index (χ1v) is 13.9. The van der Waals surface area contributed by atoms with Crippen LogP contribution in [0.15, 0.2) is 86.0 Å². The third kappa shape index (κ3) is 7.52. The molecule has 16 heteroatoms. The number of anilines is 1. The number of aromatic carboxylic acids is 1. The van der Waals surface area contributed by atoms with Crippen LogP contribution in [0.1, 0.15) is 10.4 Å². The van der Waals surface area contributed by atoms with Crippen LogP contribution in [0.4, 0.5) is 28.4 Å². The van der Waals surface area contributed by atoms with E-state index in [1.807, 2.05) is 0 Å². The number of hydrogen-bond donors (Lipinski definition) is 8. The molecule has 9 N–H and O–H groups in total. The second kappa shape index (κ2) is 13.4. The topological polar surface area (TPSA) is 253 Å². The van der Waals surface area contributed by atoms with Crippen LogP contribution in [0.3, 0.4) is 0 Å². The Morgan fingerprint density at radius 3 is 1.91 bits per heavy atom. The third-order valence-electron chi connectivity index (χ3n) is 5.76. The number of nitrogens with zero attached hydrogens (tertiary/aromatic N) is 4. The molecule has 0 unspecified atom stereocenters. The van der Waals surface area contributed by atoms with Crippen molar-refractivity contribution in [1.29, 1.82) is 0 Å². The summed E-state index contributed by atoms with van der Waals surface area (Å²) < 4.78 is 41.3. The first kappa shape index (κ1) is 31.1. The number of benzene rings is 4. The number of carboxylic acids is 1. The van der Waals surface area contributed by atoms with Gasteiger partial charge >= 0.3 is 5.97 Å². The fourth-order valence-electron chi connectivity index (χ4n) is 3.79. The Kier molecular flexibility index (Phi) is 9.71. The van der Waals surface area contributed by atoms with Gasteiger partial charge in [0.05, 0.1) is 29.4 Å². The minimum atomic E-state index is -4.38. The van der Waals surface area contributed by atoms with Gasteiger partial charge in [-0.1, -0.05) is 6.07 Å². The second-order valence-corrected chi connectivity index (χ2v) is 10.2. The summed E-state index contributed by atoms with van der Waals surface area (Å²) in [5.41, 5.74) is 6.14. The Labute approximate surface area is 245 Å². The molecule has 4 aromatic rings. The predicted octanol–water partition coefficient (Wildman–Crippen LogP) is 5.98. The molecular weight excluding hydrogens is 586 g/mol. The lowest BCUT2D eigenvalue weighted by atomic mass is 10.1. The van der Waals surface area contributed by atoms with E-state index >= 15 is 0 Å². The van der Waals surface area contributed by atoms with Gasteiger partial charge in [-0.25, -0.2) is 4.79 Å². The van der Waals surface area contributed by atoms with Crippen LogP contribution in [-0.2, 0) is 0 Å². The van der Waals surface area contributed by atoms with Crippen molar-refractivity contribution in [3.63, 3.8) is 0 Å². The Hall–Kier alpha value is -4.84. The highest BCUT2D eigenvalue weighted by atomic mass is 32.3. The standard InChI is InChI=1S/C27H27N5O10S/c28-17-4-1-16-11-24(43(38,39)40)25(26(35)19(16)12-17)32-31-21-14-22(41-9-7-33)20(13-23(21)42-10-8-34)30-29-18-5-2-15(3-6-18)27(36)37/h1-6,11-14,33-35,38-40H,7-10,28H2,(H,36,37). The molecule has 0 heterocycles. The quantitative estimate of drug-likeness (QED) is 0.0681. The van der Waals surface area contributed by atoms with Gasteiger partial charge in [0.25, 0.3) is 0 Å². The number of azo groups is 2. The molecule has 0 spiro atoms. The summed E-state index contributed by atoms with van der Waals surface area (Å²) in [5.74, 6) is -1.55. The molecule has 0 saturated carbocycles. The van der Waals surface area contributed by atoms with E-state index in [-0.39, 0.29) is 60.3 Å². The smallest absolute Gasteiger partial charge is 0.335 e. The maximum atomic E-state index is 11.1. The average molecular weight is 614 g/mol. The van der Waals surface area contributed by atoms with Crippen molar-refractivity contribution in [2.45, 2.75) is 4.90 Å². The summed E-state index contributed by atoms with van der Waals surface area (Å²) >= 11 is 0. The van der Waals surface area contributed by atoms with Crippen molar-refractivity contribution in [1.82, 2.24) is 0 Å². The molecule has 226 valence electrons. The first-order valence-electron chi connectivity index (χ1n) is 12.4. The van der Waals surface area contributed by atoms with Crippen molar-refractivity contribution in [3.8, 4) is 17.2 Å². The summed E-state index contributed by atoms with van der Waals surface area (Å²) in [4.78, 5) is 10.6. The fraction of sp³-hybridized carbons (Fsp3) is 0.148. The zero-order valence-electron chi connectivity index (χ0n) is 22.2. The van der Waals surface area contributed by atoms with Gasteiger partial charge < -0.3 is 49.3 Å². The zero-order valence-corrected chi connectivity index (χ0v) is 23.0. The number of rotatable bonds is 12. The summed E-state index contributed by atoms with van der Waals surface area (Å²) in [6.45, 7) is -1.03. The molecule has 0 radical (unpaired) electrons. The van der Waals surface area contributed by atoms with Crippen molar-refractivity contribution in [3.05, 3.63) is 66.2 Å². The summed E-state index contributed by atoms with van der Waals surface area (Å²) in [7, 11) is -4.38. The molecule has 0 fully saturated rings. The molecule has 0 aliphatic heterocycles. The number of carboxylic acid groups (broad SMARTS) is 1. The minimum Gasteiger partial charge on any atom is -0.505 e. The molecule has 0 aliphatic rings. The molecule has 0 aromatic heterocycles. The number of fused-ring (bicyclic) bond motifs is 1. The summed E-state index contributed by atoms with van der Waals surface area (Å²) in [5, 5.41) is 55.5. The van der Waals surface area contributed by atoms with Gasteiger partial charge in [0.2, 0.25) is 0 Å². The van der Waals surface area contributed by atoms with Gasteiger partial charge in [-0.3, -0.25) is 0 Å². The molecule has 0 aliphatic carbocycles. The van der Waals surface area contributed by atoms with Crippen LogP contribution in [0.25, 0.3) is 10.8 Å². The van der Waals surface area contributed by atoms with Crippen molar-refractivity contribution in [2.75, 3.05) is 32.2 Å². The predicted molar refractivity (Wildman–Crippen MR) is 157 cm³/mol. The molecular formula is C27H27N5O10S. The van der Waals surface area contributed by atoms with Gasteiger partial charge in [-0.2, -0.15) is 5.11 Å². The summed E-state index contributed by atoms with van der Waals surface area (Å²) in [6.07, 6.45) is 0. The normalized spacial score (nSPS) is 12.3. The number of phenolic OH excluding ortho intramolecular Hbond substituents is 1. The van der Waals surface area contributed by atoms with E-state index in [9.17, 15) is 33.8 Å². The summed E-state index contributed by atoms with van der Waals surface area (Å²) in [6, 6.07) is 14.0. The maximum Gasteiger partial charge on any atom is 0.335 e. The van der Waals surface area contributed by atoms with Crippen molar-refractivity contribution >= 4 is 56.0 Å². The van der Waals surface area contributed by atoms with Crippen LogP contribution in [0.2, 0.25) is 0 Å². The lowest BCUT2D eigenvalue weighted by Gasteiger charge is -2.22. The number of hydrogen-bond acceptors (Lipinski definition) is 14. The molecule has 4 aromatic carbocycles. The second-order valence-electron chi connectivity index (χ2n) is 8.76. The van der Waals surface area contributed by atoms with Crippen LogP contribution < -0.4 is 15.2 Å². The Bertz CT molecular complexity index is 1690. The number of aliphatic hydroxyl groups is 2. The van der Waals surface area contributed by atoms with Gasteiger partial charge in [0, 0.05) is 23.2 Å². The first-order chi connectivity index (χ1) is 20.5. The monoisotopic (exact) mass is 613 g/mol. The highest BCUT2D eigenvalue weighted by Gasteiger charge is 2.25. The number of nitrogen functional groups attached to an aromatic ring is 1. The van der Waals surface area contributed by atoms with E-state index in [0.717, 1.165) is 0 Å². The van der Waals surface area contributed by atoms with E-state index < -0.39 is 33.2 Å². The van der Waals surface area contributed by atoms with Crippen molar-refractivity contribution < 1.29 is 48.4 Å². The number of aliphatic hydroxyl groups excluding tert-OH is 2. The highest BCUT2D eigenvalue weighted by Crippen LogP contribution is 2.54. The van der Waals surface area contributed by atoms with Gasteiger partial charge in [-0.15, -0.1) is 15.3 Å². The number of nitrogens with two attached hydrogens (primary N) is 1. The maximum absolute atomic E-state index is 11.1. The van der Waals surface area contributed by atoms with Crippen LogP contribution in [0, 0.1) is 0 Å². The van der Waals surface area contributed by atoms with Gasteiger partial charge in [0.1, 0.15) is 52.6 Å². The van der Waals surface area contributed by atoms with Gasteiger partial charge in [0.15, 0.2) is 5.75 Å². The Morgan fingerprint density at radius 1 is 0.791 bits per heavy atom. The van der Waals surface area contributed by atoms with E-state index in [2.05, 4.69) is 20.5 Å². The lowest BCUT2D eigenvalue weighted by molar-refractivity contribution is 0.0697. The average Bonchev–Trinajstić information content (AvgIpc) is 2.97. The Balaban J connectivity index is 1.82. The number of aromatic hydroxyl groups is 1. The van der Waals surface area contributed by atoms with Crippen molar-refractivity contribution in [2.24, 2.45) is 20.5 Å². The fourth-order valence-corrected chi connectivity index (χ4v) is 4.47. The van der Waals surface area contributed by atoms with E-state index in [1.54, 1.807) is 0 Å². The van der Waals surface area contributed by atoms with E-state index in [1.165, 1.54) is 60.7 Å². The third-order valence-corrected chi connectivity index (χ3v) is 6.66. The largest absolute Gasteiger partial charge is 0.505 e. The molecule has 15 nitrogen and oxygen atoms in total. The molecule has 43 heavy (non-hydrogen) atoms. The molecule has 4 rings (SSSR count). The van der Waals surface area contributed by atoms with Gasteiger partial charge in [-0.05, 0) is 47.9 Å². The molecule has 0 amide bonds. The highest BCUT2D eigenvalue weighted by molar-refractivity contribution is 8.19. The minimum absolute atomic E-state index is 0.0194. The zero-order chi connectivity index (χ0) is 31.1. The molecule has 0 bridgehead atoms. The number of ether oxygens (including phenoxy) is 2. The van der Waals surface area contributed by atoms with Crippen LogP contribution in [-0.4, -0.2) is 66.5 Å². The number of phenols is 1. The van der Waals surface area contributed by atoms with E-state index in [4.69, 9.17) is 20.3 Å². The Morgan fingerprint density at radius 2 is 1.37 bits per heavy atom. The molecule has 0 saturated heterocycles. The SMILES string of the molecule is Nc1ccc2cc(S(O)(O)O)c(N=Nc3cc(OCCO)c(N=Nc4ccc(C(=O)O)cc4)cc3OCCO)c(O)c2c1. The number of carbonyl (C=O) groups is 1. The van der Waals surface area contributed by atoms with Crippen LogP contribution >= 0.6 is 10.9 Å². The lowest BCUT2D eigenvalue weighted by Crippen LogP contribution is -2.04. The van der Waals surface area contributed by atoms with E-state index in [0.29, 0.717) is 16.8 Å². The van der Waals surface area contributed by atoms with Crippen LogP contribution in [0.5, 0.6) is 17.2 Å².